The van der Waals surface area contributed by atoms with Crippen molar-refractivity contribution < 1.29 is 61.9 Å². The van der Waals surface area contributed by atoms with Crippen LogP contribution in [0.4, 0.5) is 4.79 Å². The number of amides is 2. The van der Waals surface area contributed by atoms with Gasteiger partial charge in [-0.15, -0.1) is 0 Å². The number of benzene rings is 4. The van der Waals surface area contributed by atoms with Crippen molar-refractivity contribution in [3.05, 3.63) is 126 Å². The summed E-state index contributed by atoms with van der Waals surface area (Å²) in [5.41, 5.74) is 3.27. The lowest BCUT2D eigenvalue weighted by molar-refractivity contribution is -0.166. The molecule has 0 bridgehead atoms. The predicted molar refractivity (Wildman–Crippen MR) is 247 cm³/mol. The molecule has 15 nitrogen and oxygen atoms in total. The van der Waals surface area contributed by atoms with Crippen LogP contribution in [0.3, 0.4) is 0 Å². The maximum atomic E-state index is 14.7. The highest BCUT2D eigenvalue weighted by atomic mass is 16.6. The third-order valence-electron chi connectivity index (χ3n) is 11.5. The van der Waals surface area contributed by atoms with E-state index in [1.807, 2.05) is 60.7 Å². The molecule has 4 aromatic carbocycles. The average Bonchev–Trinajstić information content (AvgIpc) is 3.64. The number of piperazine rings is 1. The van der Waals surface area contributed by atoms with Gasteiger partial charge < -0.3 is 43.0 Å². The van der Waals surface area contributed by atoms with Gasteiger partial charge >= 0.3 is 24.0 Å². The third kappa shape index (κ3) is 12.2. The van der Waals surface area contributed by atoms with Crippen LogP contribution in [0.25, 0.3) is 11.1 Å². The summed E-state index contributed by atoms with van der Waals surface area (Å²) in [5.74, 6) is -3.08. The number of hydrogen-bond acceptors (Lipinski definition) is 13. The lowest BCUT2D eigenvalue weighted by atomic mass is 9.87. The smallest absolute Gasteiger partial charge is 0.409 e. The van der Waals surface area contributed by atoms with Crippen LogP contribution in [0.15, 0.2) is 104 Å². The Kier molecular flexibility index (Phi) is 15.8. The second-order valence-electron chi connectivity index (χ2n) is 17.9. The van der Waals surface area contributed by atoms with Gasteiger partial charge in [-0.3, -0.25) is 9.59 Å². The van der Waals surface area contributed by atoms with Crippen LogP contribution in [-0.4, -0.2) is 111 Å². The molecule has 2 amide bonds. The van der Waals surface area contributed by atoms with Gasteiger partial charge in [0.1, 0.15) is 36.7 Å². The molecule has 354 valence electrons. The first-order valence-corrected chi connectivity index (χ1v) is 22.0. The SMILES string of the molecule is C=CC(=O)OCC(C)(C)C(=O)C(=O)N1CCN(C(=O)OCC2c3ccccc3-c3ccccc32)CC1C(=O)O[C@H](CCc1ccc(OC)c(OC)c1)c1cccc(OCC(=O)OC(C)(C)C)c1. The molecular formula is C52H58N2O13. The molecule has 4 aromatic rings. The van der Waals surface area contributed by atoms with Gasteiger partial charge in [0.15, 0.2) is 18.1 Å². The maximum Gasteiger partial charge on any atom is 0.409 e. The first-order chi connectivity index (χ1) is 31.9. The van der Waals surface area contributed by atoms with Gasteiger partial charge in [-0.25, -0.2) is 19.2 Å². The highest BCUT2D eigenvalue weighted by Gasteiger charge is 2.45. The summed E-state index contributed by atoms with van der Waals surface area (Å²) in [6, 6.07) is 26.5. The number of aryl methyl sites for hydroxylation is 1. The van der Waals surface area contributed by atoms with E-state index in [4.69, 9.17) is 33.2 Å². The number of carbonyl (C=O) groups excluding carboxylic acids is 6. The lowest BCUT2D eigenvalue weighted by Gasteiger charge is -2.40. The van der Waals surface area contributed by atoms with Gasteiger partial charge in [0.05, 0.1) is 26.2 Å². The minimum Gasteiger partial charge on any atom is -0.493 e. The monoisotopic (exact) mass is 918 g/mol. The summed E-state index contributed by atoms with van der Waals surface area (Å²) >= 11 is 0. The zero-order valence-electron chi connectivity index (χ0n) is 39.0. The first-order valence-electron chi connectivity index (χ1n) is 22.0. The van der Waals surface area contributed by atoms with Crippen LogP contribution in [0, 0.1) is 5.41 Å². The summed E-state index contributed by atoms with van der Waals surface area (Å²) in [4.78, 5) is 83.7. The van der Waals surface area contributed by atoms with Crippen LogP contribution < -0.4 is 14.2 Å². The Hall–Kier alpha value is -7.16. The number of esters is 3. The van der Waals surface area contributed by atoms with E-state index in [1.54, 1.807) is 51.1 Å². The summed E-state index contributed by atoms with van der Waals surface area (Å²) in [7, 11) is 3.06. The molecule has 67 heavy (non-hydrogen) atoms. The number of methoxy groups -OCH3 is 2. The standard InChI is InChI=1S/C52H58N2O13/c1-9-45(55)65-32-52(5,6)47(57)48(58)54-26-25-53(50(60)64-30-40-38-19-12-10-17-36(38)37-18-11-13-20-39(37)40)29-41(54)49(59)66-42(23-21-33-22-24-43(61-7)44(27-33)62-8)34-15-14-16-35(28-34)63-31-46(56)67-51(2,3)4/h9-20,22,24,27-28,40-42H,1,21,23,25-26,29-32H2,2-8H3/t41?,42-/m1/s1. The molecule has 0 spiro atoms. The number of ketones is 1. The maximum absolute atomic E-state index is 14.7. The van der Waals surface area contributed by atoms with E-state index < -0.39 is 65.5 Å². The summed E-state index contributed by atoms with van der Waals surface area (Å²) in [5, 5.41) is 0. The number of Topliss-reactive ketones (excluding diaryl/α,β-unsaturated/α-hetero) is 1. The average molecular weight is 919 g/mol. The van der Waals surface area contributed by atoms with E-state index >= 15 is 0 Å². The second-order valence-corrected chi connectivity index (χ2v) is 17.9. The number of fused-ring (bicyclic) bond motifs is 3. The van der Waals surface area contributed by atoms with Crippen LogP contribution in [-0.2, 0) is 49.3 Å². The summed E-state index contributed by atoms with van der Waals surface area (Å²) in [6.07, 6.45) is -0.154. The largest absolute Gasteiger partial charge is 0.493 e. The number of ether oxygens (including phenoxy) is 7. The molecule has 2 atom stereocenters. The van der Waals surface area contributed by atoms with E-state index in [0.29, 0.717) is 29.2 Å². The second kappa shape index (κ2) is 21.4. The number of hydrogen-bond donors (Lipinski definition) is 0. The Balaban J connectivity index is 1.27. The Labute approximate surface area is 390 Å². The van der Waals surface area contributed by atoms with Crippen molar-refractivity contribution in [3.63, 3.8) is 0 Å². The molecule has 1 saturated heterocycles. The van der Waals surface area contributed by atoms with E-state index in [9.17, 15) is 28.8 Å². The predicted octanol–water partition coefficient (Wildman–Crippen LogP) is 7.43. The van der Waals surface area contributed by atoms with Gasteiger partial charge in [0, 0.05) is 25.1 Å². The van der Waals surface area contributed by atoms with Gasteiger partial charge in [-0.1, -0.05) is 73.3 Å². The molecule has 1 fully saturated rings. The summed E-state index contributed by atoms with van der Waals surface area (Å²) in [6.45, 7) is 10.1. The normalized spacial score (nSPS) is 15.0. The molecule has 1 heterocycles. The fourth-order valence-corrected chi connectivity index (χ4v) is 8.04. The molecule has 0 N–H and O–H groups in total. The van der Waals surface area contributed by atoms with Crippen LogP contribution in [0.1, 0.15) is 75.3 Å². The van der Waals surface area contributed by atoms with Crippen molar-refractivity contribution in [3.8, 4) is 28.4 Å². The Morgan fingerprint density at radius 3 is 2.10 bits per heavy atom. The van der Waals surface area contributed by atoms with E-state index in [1.165, 1.54) is 33.0 Å². The quantitative estimate of drug-likeness (QED) is 0.0418. The van der Waals surface area contributed by atoms with Gasteiger partial charge in [0.2, 0.25) is 5.78 Å². The Bertz CT molecular complexity index is 2450. The minimum atomic E-state index is -1.49. The third-order valence-corrected chi connectivity index (χ3v) is 11.5. The van der Waals surface area contributed by atoms with Gasteiger partial charge in [0.25, 0.3) is 5.91 Å². The molecule has 6 rings (SSSR count). The van der Waals surface area contributed by atoms with Crippen molar-refractivity contribution in [2.24, 2.45) is 5.41 Å². The number of nitrogens with zero attached hydrogens (tertiary/aromatic N) is 2. The zero-order chi connectivity index (χ0) is 48.5. The lowest BCUT2D eigenvalue weighted by Crippen LogP contribution is -2.62. The molecular weight excluding hydrogens is 861 g/mol. The zero-order valence-corrected chi connectivity index (χ0v) is 39.0. The molecule has 1 aliphatic carbocycles. The fraction of sp³-hybridized carbons (Fsp3) is 0.385. The highest BCUT2D eigenvalue weighted by molar-refractivity contribution is 6.38. The number of carbonyl (C=O) groups is 6. The molecule has 1 unspecified atom stereocenters. The van der Waals surface area contributed by atoms with Gasteiger partial charge in [-0.05, 0) is 105 Å². The van der Waals surface area contributed by atoms with E-state index in [2.05, 4.69) is 6.58 Å². The molecule has 0 radical (unpaired) electrons. The van der Waals surface area contributed by atoms with Crippen molar-refractivity contribution >= 4 is 35.7 Å². The van der Waals surface area contributed by atoms with E-state index in [-0.39, 0.29) is 45.2 Å². The van der Waals surface area contributed by atoms with Crippen molar-refractivity contribution in [1.82, 2.24) is 9.80 Å². The van der Waals surface area contributed by atoms with E-state index in [0.717, 1.165) is 38.8 Å². The van der Waals surface area contributed by atoms with Crippen molar-refractivity contribution in [2.75, 3.05) is 53.7 Å². The highest BCUT2D eigenvalue weighted by Crippen LogP contribution is 2.44. The van der Waals surface area contributed by atoms with Crippen LogP contribution in [0.2, 0.25) is 0 Å². The minimum absolute atomic E-state index is 0.0157. The van der Waals surface area contributed by atoms with Gasteiger partial charge in [-0.2, -0.15) is 0 Å². The topological polar surface area (TPSA) is 174 Å². The van der Waals surface area contributed by atoms with Crippen LogP contribution in [0.5, 0.6) is 17.2 Å². The molecule has 15 heteroatoms. The van der Waals surface area contributed by atoms with Crippen molar-refractivity contribution in [2.45, 2.75) is 71.1 Å². The molecule has 0 aromatic heterocycles. The van der Waals surface area contributed by atoms with Crippen LogP contribution >= 0.6 is 0 Å². The Morgan fingerprint density at radius 1 is 0.791 bits per heavy atom. The molecule has 1 aliphatic heterocycles. The van der Waals surface area contributed by atoms with Crippen molar-refractivity contribution in [1.29, 1.82) is 0 Å². The fourth-order valence-electron chi connectivity index (χ4n) is 8.04. The molecule has 2 aliphatic rings. The molecule has 0 saturated carbocycles. The first kappa shape index (κ1) is 49.3. The Morgan fingerprint density at radius 2 is 1.46 bits per heavy atom. The number of rotatable bonds is 18. The summed E-state index contributed by atoms with van der Waals surface area (Å²) < 4.78 is 39.6.